The van der Waals surface area contributed by atoms with Crippen LogP contribution in [0, 0.1) is 5.92 Å². The Bertz CT molecular complexity index is 300. The molecule has 1 atom stereocenters. The molecule has 0 saturated carbocycles. The van der Waals surface area contributed by atoms with Crippen molar-refractivity contribution in [2.24, 2.45) is 5.92 Å². The molecule has 0 aliphatic heterocycles. The first-order valence-corrected chi connectivity index (χ1v) is 5.88. The number of aliphatic hydroxyl groups is 1. The molecule has 0 aromatic heterocycles. The van der Waals surface area contributed by atoms with Gasteiger partial charge in [-0.25, -0.2) is 0 Å². The molecule has 0 fully saturated rings. The number of rotatable bonds is 5. The SMILES string of the molecule is OCC[C@H](CSc1ccccc1)C(F)(F)F. The van der Waals surface area contributed by atoms with Crippen LogP contribution in [0.25, 0.3) is 0 Å². The van der Waals surface area contributed by atoms with Gasteiger partial charge in [0.15, 0.2) is 0 Å². The molecular formula is C11H13F3OS. The number of halogens is 3. The van der Waals surface area contributed by atoms with E-state index in [4.69, 9.17) is 5.11 Å². The zero-order valence-corrected chi connectivity index (χ0v) is 9.39. The molecule has 0 heterocycles. The first kappa shape index (κ1) is 13.4. The molecule has 1 rings (SSSR count). The predicted octanol–water partition coefficient (Wildman–Crippen LogP) is 3.34. The monoisotopic (exact) mass is 250 g/mol. The summed E-state index contributed by atoms with van der Waals surface area (Å²) in [6.07, 6.45) is -4.46. The van der Waals surface area contributed by atoms with Gasteiger partial charge in [-0.2, -0.15) is 13.2 Å². The molecule has 0 amide bonds. The van der Waals surface area contributed by atoms with Gasteiger partial charge in [-0.1, -0.05) is 18.2 Å². The highest BCUT2D eigenvalue weighted by molar-refractivity contribution is 7.99. The van der Waals surface area contributed by atoms with E-state index in [-0.39, 0.29) is 12.2 Å². The highest BCUT2D eigenvalue weighted by atomic mass is 32.2. The van der Waals surface area contributed by atoms with E-state index in [1.165, 1.54) is 0 Å². The Morgan fingerprint density at radius 3 is 2.31 bits per heavy atom. The van der Waals surface area contributed by atoms with E-state index in [1.54, 1.807) is 24.3 Å². The largest absolute Gasteiger partial charge is 0.396 e. The van der Waals surface area contributed by atoms with Crippen LogP contribution in [0.3, 0.4) is 0 Å². The number of thioether (sulfide) groups is 1. The summed E-state index contributed by atoms with van der Waals surface area (Å²) in [5, 5.41) is 8.59. The van der Waals surface area contributed by atoms with Gasteiger partial charge in [-0.15, -0.1) is 11.8 Å². The Morgan fingerprint density at radius 1 is 1.19 bits per heavy atom. The second kappa shape index (κ2) is 6.15. The van der Waals surface area contributed by atoms with E-state index < -0.39 is 18.7 Å². The summed E-state index contributed by atoms with van der Waals surface area (Å²) in [6.45, 7) is -0.431. The molecule has 1 nitrogen and oxygen atoms in total. The maximum absolute atomic E-state index is 12.5. The lowest BCUT2D eigenvalue weighted by Gasteiger charge is -2.18. The van der Waals surface area contributed by atoms with E-state index in [2.05, 4.69) is 0 Å². The second-order valence-electron chi connectivity index (χ2n) is 3.37. The minimum absolute atomic E-state index is 0.0475. The van der Waals surface area contributed by atoms with Gasteiger partial charge in [0.25, 0.3) is 0 Å². The lowest BCUT2D eigenvalue weighted by atomic mass is 10.1. The van der Waals surface area contributed by atoms with Gasteiger partial charge in [0, 0.05) is 17.3 Å². The summed E-state index contributed by atoms with van der Waals surface area (Å²) in [7, 11) is 0. The first-order chi connectivity index (χ1) is 7.54. The van der Waals surface area contributed by atoms with Crippen molar-refractivity contribution in [1.82, 2.24) is 0 Å². The molecule has 0 aliphatic carbocycles. The minimum atomic E-state index is -4.23. The Morgan fingerprint density at radius 2 is 1.81 bits per heavy atom. The quantitative estimate of drug-likeness (QED) is 0.809. The number of hydrogen-bond donors (Lipinski definition) is 1. The molecule has 90 valence electrons. The molecule has 0 unspecified atom stereocenters. The summed E-state index contributed by atoms with van der Waals surface area (Å²) in [6, 6.07) is 8.95. The Kier molecular flexibility index (Phi) is 5.15. The molecular weight excluding hydrogens is 237 g/mol. The van der Waals surface area contributed by atoms with Crippen LogP contribution in [0.1, 0.15) is 6.42 Å². The zero-order chi connectivity index (χ0) is 12.0. The molecule has 1 aromatic carbocycles. The highest BCUT2D eigenvalue weighted by Crippen LogP contribution is 2.33. The minimum Gasteiger partial charge on any atom is -0.396 e. The van der Waals surface area contributed by atoms with E-state index in [0.717, 1.165) is 16.7 Å². The third-order valence-corrected chi connectivity index (χ3v) is 3.31. The van der Waals surface area contributed by atoms with Gasteiger partial charge in [-0.3, -0.25) is 0 Å². The molecule has 0 radical (unpaired) electrons. The normalized spacial score (nSPS) is 13.8. The average molecular weight is 250 g/mol. The van der Waals surface area contributed by atoms with Crippen LogP contribution in [0.4, 0.5) is 13.2 Å². The van der Waals surface area contributed by atoms with Crippen molar-refractivity contribution in [3.05, 3.63) is 30.3 Å². The smallest absolute Gasteiger partial charge is 0.392 e. The topological polar surface area (TPSA) is 20.2 Å². The lowest BCUT2D eigenvalue weighted by molar-refractivity contribution is -0.171. The van der Waals surface area contributed by atoms with Crippen LogP contribution in [0.2, 0.25) is 0 Å². The Hall–Kier alpha value is -0.680. The standard InChI is InChI=1S/C11H13F3OS/c12-11(13,14)9(6-7-15)8-16-10-4-2-1-3-5-10/h1-5,9,15H,6-8H2/t9-/m1/s1. The van der Waals surface area contributed by atoms with E-state index in [1.807, 2.05) is 6.07 Å². The molecule has 0 spiro atoms. The third kappa shape index (κ3) is 4.45. The van der Waals surface area contributed by atoms with Crippen LogP contribution < -0.4 is 0 Å². The van der Waals surface area contributed by atoms with Crippen molar-refractivity contribution in [2.45, 2.75) is 17.5 Å². The van der Waals surface area contributed by atoms with Crippen molar-refractivity contribution < 1.29 is 18.3 Å². The first-order valence-electron chi connectivity index (χ1n) is 4.89. The number of alkyl halides is 3. The van der Waals surface area contributed by atoms with Gasteiger partial charge >= 0.3 is 6.18 Å². The summed E-state index contributed by atoms with van der Waals surface area (Å²) in [4.78, 5) is 0.815. The Balaban J connectivity index is 2.51. The molecule has 0 bridgehead atoms. The van der Waals surface area contributed by atoms with Crippen LogP contribution in [0.15, 0.2) is 35.2 Å². The molecule has 0 saturated heterocycles. The van der Waals surface area contributed by atoms with Gasteiger partial charge in [0.2, 0.25) is 0 Å². The van der Waals surface area contributed by atoms with Gasteiger partial charge < -0.3 is 5.11 Å². The summed E-state index contributed by atoms with van der Waals surface area (Å²) >= 11 is 1.16. The Labute approximate surface area is 96.7 Å². The fourth-order valence-corrected chi connectivity index (χ4v) is 2.31. The number of hydrogen-bond acceptors (Lipinski definition) is 2. The number of aliphatic hydroxyl groups excluding tert-OH is 1. The molecule has 1 aromatic rings. The molecule has 16 heavy (non-hydrogen) atoms. The molecule has 5 heteroatoms. The van der Waals surface area contributed by atoms with E-state index >= 15 is 0 Å². The van der Waals surface area contributed by atoms with Crippen molar-refractivity contribution >= 4 is 11.8 Å². The maximum Gasteiger partial charge on any atom is 0.392 e. The summed E-state index contributed by atoms with van der Waals surface area (Å²) < 4.78 is 37.5. The van der Waals surface area contributed by atoms with Crippen molar-refractivity contribution in [3.63, 3.8) is 0 Å². The van der Waals surface area contributed by atoms with Gasteiger partial charge in [-0.05, 0) is 18.6 Å². The van der Waals surface area contributed by atoms with Crippen molar-refractivity contribution in [3.8, 4) is 0 Å². The maximum atomic E-state index is 12.5. The summed E-state index contributed by atoms with van der Waals surface area (Å²) in [5.41, 5.74) is 0. The fraction of sp³-hybridized carbons (Fsp3) is 0.455. The third-order valence-electron chi connectivity index (χ3n) is 2.13. The second-order valence-corrected chi connectivity index (χ2v) is 4.47. The van der Waals surface area contributed by atoms with Gasteiger partial charge in [0.1, 0.15) is 0 Å². The molecule has 1 N–H and O–H groups in total. The van der Waals surface area contributed by atoms with E-state index in [0.29, 0.717) is 0 Å². The van der Waals surface area contributed by atoms with E-state index in [9.17, 15) is 13.2 Å². The van der Waals surface area contributed by atoms with Crippen LogP contribution in [-0.4, -0.2) is 23.6 Å². The van der Waals surface area contributed by atoms with Crippen LogP contribution in [-0.2, 0) is 0 Å². The van der Waals surface area contributed by atoms with Crippen LogP contribution >= 0.6 is 11.8 Å². The summed E-state index contributed by atoms with van der Waals surface area (Å²) in [5.74, 6) is -1.49. The number of benzene rings is 1. The van der Waals surface area contributed by atoms with Crippen molar-refractivity contribution in [2.75, 3.05) is 12.4 Å². The fourth-order valence-electron chi connectivity index (χ4n) is 1.21. The van der Waals surface area contributed by atoms with Gasteiger partial charge in [0.05, 0.1) is 5.92 Å². The zero-order valence-electron chi connectivity index (χ0n) is 8.57. The average Bonchev–Trinajstić information content (AvgIpc) is 2.24. The van der Waals surface area contributed by atoms with Crippen molar-refractivity contribution in [1.29, 1.82) is 0 Å². The molecule has 0 aliphatic rings. The highest BCUT2D eigenvalue weighted by Gasteiger charge is 2.38. The predicted molar refractivity (Wildman–Crippen MR) is 58.4 cm³/mol. The van der Waals surface area contributed by atoms with Crippen LogP contribution in [0.5, 0.6) is 0 Å². The lowest BCUT2D eigenvalue weighted by Crippen LogP contribution is -2.26.